The number of amides is 3. The van der Waals surface area contributed by atoms with E-state index in [-0.39, 0.29) is 18.3 Å². The lowest BCUT2D eigenvalue weighted by Crippen LogP contribution is -2.65. The van der Waals surface area contributed by atoms with Gasteiger partial charge in [0.05, 0.1) is 18.2 Å². The van der Waals surface area contributed by atoms with Crippen LogP contribution in [0.25, 0.3) is 0 Å². The maximum absolute atomic E-state index is 12.7. The Bertz CT molecular complexity index is 614. The number of primary amides is 1. The van der Waals surface area contributed by atoms with E-state index in [1.54, 1.807) is 7.05 Å². The van der Waals surface area contributed by atoms with Crippen LogP contribution < -0.4 is 21.7 Å². The van der Waals surface area contributed by atoms with E-state index in [4.69, 9.17) is 5.73 Å². The fraction of sp³-hybridized carbons (Fsp3) is 0.850. The standard InChI is InChI=1S/C20H38N4O6/c1-10(2)6-12(17(21)27)24-19(29)20(30)8-14(16(26)15(25)9-20)23-18(28)13(22-5)7-11(3)4/h10-16,22,25-26,30H,6-9H2,1-5H3,(H2,21,27)(H,23,28)(H,24,29). The third-order valence-corrected chi connectivity index (χ3v) is 5.39. The predicted octanol–water partition coefficient (Wildman–Crippen LogP) is -1.63. The van der Waals surface area contributed by atoms with Crippen molar-refractivity contribution in [2.24, 2.45) is 17.6 Å². The topological polar surface area (TPSA) is 174 Å². The summed E-state index contributed by atoms with van der Waals surface area (Å²) in [4.78, 5) is 37.0. The average Bonchev–Trinajstić information content (AvgIpc) is 2.62. The van der Waals surface area contributed by atoms with Gasteiger partial charge in [-0.1, -0.05) is 27.7 Å². The zero-order valence-corrected chi connectivity index (χ0v) is 18.5. The summed E-state index contributed by atoms with van der Waals surface area (Å²) in [6.07, 6.45) is -2.68. The molecule has 8 N–H and O–H groups in total. The summed E-state index contributed by atoms with van der Waals surface area (Å²) in [5.41, 5.74) is 3.27. The van der Waals surface area contributed by atoms with Gasteiger partial charge in [0.2, 0.25) is 11.8 Å². The number of carbonyl (C=O) groups excluding carboxylic acids is 3. The van der Waals surface area contributed by atoms with Gasteiger partial charge in [0.1, 0.15) is 17.7 Å². The van der Waals surface area contributed by atoms with Crippen molar-refractivity contribution in [3.8, 4) is 0 Å². The number of hydrogen-bond acceptors (Lipinski definition) is 7. The van der Waals surface area contributed by atoms with Crippen LogP contribution >= 0.6 is 0 Å². The summed E-state index contributed by atoms with van der Waals surface area (Å²) >= 11 is 0. The molecule has 174 valence electrons. The highest BCUT2D eigenvalue weighted by molar-refractivity contribution is 5.91. The predicted molar refractivity (Wildman–Crippen MR) is 111 cm³/mol. The van der Waals surface area contributed by atoms with Crippen LogP contribution in [0.1, 0.15) is 53.4 Å². The van der Waals surface area contributed by atoms with Gasteiger partial charge in [-0.15, -0.1) is 0 Å². The van der Waals surface area contributed by atoms with Crippen LogP contribution in [0.15, 0.2) is 0 Å². The molecule has 1 rings (SSSR count). The van der Waals surface area contributed by atoms with Crippen molar-refractivity contribution in [3.63, 3.8) is 0 Å². The van der Waals surface area contributed by atoms with Crippen molar-refractivity contribution in [1.82, 2.24) is 16.0 Å². The molecule has 0 heterocycles. The first-order chi connectivity index (χ1) is 13.8. The minimum atomic E-state index is -2.07. The van der Waals surface area contributed by atoms with Gasteiger partial charge in [0.25, 0.3) is 5.91 Å². The molecule has 6 atom stereocenters. The Hall–Kier alpha value is -1.75. The van der Waals surface area contributed by atoms with Gasteiger partial charge >= 0.3 is 0 Å². The summed E-state index contributed by atoms with van der Waals surface area (Å²) in [5.74, 6) is -1.69. The van der Waals surface area contributed by atoms with Crippen LogP contribution in [0, 0.1) is 11.8 Å². The molecule has 0 aromatic heterocycles. The van der Waals surface area contributed by atoms with E-state index in [1.165, 1.54) is 0 Å². The van der Waals surface area contributed by atoms with Gasteiger partial charge in [-0.05, 0) is 31.7 Å². The molecule has 0 saturated heterocycles. The molecule has 1 fully saturated rings. The Kier molecular flexibility index (Phi) is 9.67. The Morgan fingerprint density at radius 1 is 1.03 bits per heavy atom. The van der Waals surface area contributed by atoms with Crippen LogP contribution in [0.2, 0.25) is 0 Å². The molecular weight excluding hydrogens is 392 g/mol. The fourth-order valence-electron chi connectivity index (χ4n) is 3.75. The van der Waals surface area contributed by atoms with E-state index < -0.39 is 60.1 Å². The first kappa shape index (κ1) is 26.3. The summed E-state index contributed by atoms with van der Waals surface area (Å²) in [5, 5.41) is 39.4. The second-order valence-electron chi connectivity index (χ2n) is 9.14. The normalized spacial score (nSPS) is 28.8. The molecule has 0 aliphatic heterocycles. The van der Waals surface area contributed by atoms with E-state index in [9.17, 15) is 29.7 Å². The highest BCUT2D eigenvalue weighted by Gasteiger charge is 2.50. The second-order valence-corrected chi connectivity index (χ2v) is 9.14. The maximum Gasteiger partial charge on any atom is 0.252 e. The Balaban J connectivity index is 2.94. The molecule has 0 aromatic rings. The van der Waals surface area contributed by atoms with Crippen LogP contribution in [0.3, 0.4) is 0 Å². The highest BCUT2D eigenvalue weighted by atomic mass is 16.3. The molecule has 6 unspecified atom stereocenters. The van der Waals surface area contributed by atoms with Gasteiger partial charge in [-0.3, -0.25) is 14.4 Å². The molecule has 1 saturated carbocycles. The van der Waals surface area contributed by atoms with Crippen molar-refractivity contribution < 1.29 is 29.7 Å². The number of aliphatic hydroxyl groups excluding tert-OH is 2. The maximum atomic E-state index is 12.7. The number of hydrogen-bond donors (Lipinski definition) is 7. The van der Waals surface area contributed by atoms with E-state index >= 15 is 0 Å². The number of aliphatic hydroxyl groups is 3. The molecule has 1 aliphatic rings. The summed E-state index contributed by atoms with van der Waals surface area (Å²) < 4.78 is 0. The quantitative estimate of drug-likeness (QED) is 0.218. The lowest BCUT2D eigenvalue weighted by Gasteiger charge is -2.42. The number of rotatable bonds is 10. The average molecular weight is 431 g/mol. The van der Waals surface area contributed by atoms with Crippen LogP contribution in [-0.4, -0.2) is 76.0 Å². The second kappa shape index (κ2) is 11.0. The SMILES string of the molecule is CNC(CC(C)C)C(=O)NC1CC(O)(C(=O)NC(CC(C)C)C(N)=O)CC(O)C1O. The largest absolute Gasteiger partial charge is 0.390 e. The van der Waals surface area contributed by atoms with E-state index in [0.717, 1.165) is 0 Å². The van der Waals surface area contributed by atoms with Crippen molar-refractivity contribution >= 4 is 17.7 Å². The molecule has 10 nitrogen and oxygen atoms in total. The minimum absolute atomic E-state index is 0.0719. The number of carbonyl (C=O) groups is 3. The summed E-state index contributed by atoms with van der Waals surface area (Å²) in [6.45, 7) is 7.65. The van der Waals surface area contributed by atoms with Crippen LogP contribution in [-0.2, 0) is 14.4 Å². The molecular formula is C20H38N4O6. The van der Waals surface area contributed by atoms with Gasteiger partial charge < -0.3 is 37.0 Å². The highest BCUT2D eigenvalue weighted by Crippen LogP contribution is 2.30. The third-order valence-electron chi connectivity index (χ3n) is 5.39. The lowest BCUT2D eigenvalue weighted by molar-refractivity contribution is -0.161. The van der Waals surface area contributed by atoms with Crippen LogP contribution in [0.5, 0.6) is 0 Å². The van der Waals surface area contributed by atoms with Crippen molar-refractivity contribution in [3.05, 3.63) is 0 Å². The zero-order chi connectivity index (χ0) is 23.2. The molecule has 10 heteroatoms. The number of nitrogens with two attached hydrogens (primary N) is 1. The fourth-order valence-corrected chi connectivity index (χ4v) is 3.75. The van der Waals surface area contributed by atoms with Gasteiger partial charge in [-0.25, -0.2) is 0 Å². The molecule has 0 aromatic carbocycles. The molecule has 0 radical (unpaired) electrons. The van der Waals surface area contributed by atoms with E-state index in [1.807, 2.05) is 27.7 Å². The monoisotopic (exact) mass is 430 g/mol. The van der Waals surface area contributed by atoms with E-state index in [0.29, 0.717) is 12.8 Å². The molecule has 30 heavy (non-hydrogen) atoms. The minimum Gasteiger partial charge on any atom is -0.390 e. The van der Waals surface area contributed by atoms with Gasteiger partial charge in [-0.2, -0.15) is 0 Å². The molecule has 3 amide bonds. The Morgan fingerprint density at radius 3 is 2.03 bits per heavy atom. The van der Waals surface area contributed by atoms with Crippen molar-refractivity contribution in [1.29, 1.82) is 0 Å². The van der Waals surface area contributed by atoms with Crippen molar-refractivity contribution in [2.75, 3.05) is 7.05 Å². The Labute approximate surface area is 178 Å². The van der Waals surface area contributed by atoms with Gasteiger partial charge in [0, 0.05) is 12.8 Å². The third kappa shape index (κ3) is 7.19. The summed E-state index contributed by atoms with van der Waals surface area (Å²) in [7, 11) is 1.64. The number of nitrogens with one attached hydrogen (secondary N) is 3. The smallest absolute Gasteiger partial charge is 0.252 e. The molecule has 0 spiro atoms. The summed E-state index contributed by atoms with van der Waals surface area (Å²) in [6, 6.07) is -2.54. The molecule has 0 bridgehead atoms. The van der Waals surface area contributed by atoms with Gasteiger partial charge in [0.15, 0.2) is 0 Å². The first-order valence-corrected chi connectivity index (χ1v) is 10.5. The first-order valence-electron chi connectivity index (χ1n) is 10.5. The van der Waals surface area contributed by atoms with E-state index in [2.05, 4.69) is 16.0 Å². The number of likely N-dealkylation sites (N-methyl/N-ethyl adjacent to an activating group) is 1. The van der Waals surface area contributed by atoms with Crippen LogP contribution in [0.4, 0.5) is 0 Å². The Morgan fingerprint density at radius 2 is 1.57 bits per heavy atom. The van der Waals surface area contributed by atoms with Crippen molar-refractivity contribution in [2.45, 2.75) is 89.3 Å². The molecule has 1 aliphatic carbocycles. The lowest BCUT2D eigenvalue weighted by atomic mass is 9.77. The zero-order valence-electron chi connectivity index (χ0n) is 18.5.